The summed E-state index contributed by atoms with van der Waals surface area (Å²) >= 11 is 0. The van der Waals surface area contributed by atoms with Gasteiger partial charge in [-0.1, -0.05) is 31.2 Å². The molecular formula is C17H28N2O. The van der Waals surface area contributed by atoms with E-state index in [1.54, 1.807) is 0 Å². The first-order chi connectivity index (χ1) is 9.79. The zero-order valence-corrected chi connectivity index (χ0v) is 12.9. The molecule has 1 saturated heterocycles. The van der Waals surface area contributed by atoms with Gasteiger partial charge in [-0.2, -0.15) is 0 Å². The van der Waals surface area contributed by atoms with Crippen LogP contribution in [-0.2, 0) is 17.8 Å². The topological polar surface area (TPSA) is 24.5 Å². The SMILES string of the molecule is CCCNCc1ccccc1CN1CCCOC(C)C1. The molecule has 0 radical (unpaired) electrons. The quantitative estimate of drug-likeness (QED) is 0.809. The van der Waals surface area contributed by atoms with E-state index in [1.807, 2.05) is 0 Å². The summed E-state index contributed by atoms with van der Waals surface area (Å²) in [5, 5.41) is 3.51. The normalized spacial score (nSPS) is 20.8. The Hall–Kier alpha value is -0.900. The molecule has 1 atom stereocenters. The Bertz CT molecular complexity index is 394. The third-order valence-corrected chi connectivity index (χ3v) is 3.79. The maximum absolute atomic E-state index is 5.73. The van der Waals surface area contributed by atoms with Crippen molar-refractivity contribution in [3.63, 3.8) is 0 Å². The molecule has 0 bridgehead atoms. The van der Waals surface area contributed by atoms with Gasteiger partial charge in [0.1, 0.15) is 0 Å². The number of hydrogen-bond donors (Lipinski definition) is 1. The van der Waals surface area contributed by atoms with Gasteiger partial charge in [0.05, 0.1) is 6.10 Å². The van der Waals surface area contributed by atoms with Crippen LogP contribution >= 0.6 is 0 Å². The summed E-state index contributed by atoms with van der Waals surface area (Å²) in [6.07, 6.45) is 2.67. The molecule has 3 nitrogen and oxygen atoms in total. The van der Waals surface area contributed by atoms with Gasteiger partial charge in [-0.25, -0.2) is 0 Å². The fraction of sp³-hybridized carbons (Fsp3) is 0.647. The van der Waals surface area contributed by atoms with Crippen LogP contribution in [0.3, 0.4) is 0 Å². The average Bonchev–Trinajstić information content (AvgIpc) is 2.65. The predicted octanol–water partition coefficient (Wildman–Crippen LogP) is 2.80. The lowest BCUT2D eigenvalue weighted by Crippen LogP contribution is -2.30. The van der Waals surface area contributed by atoms with Crippen molar-refractivity contribution in [1.29, 1.82) is 0 Å². The first kappa shape index (κ1) is 15.5. The smallest absolute Gasteiger partial charge is 0.0674 e. The summed E-state index contributed by atoms with van der Waals surface area (Å²) < 4.78 is 5.73. The molecule has 1 heterocycles. The van der Waals surface area contributed by atoms with Crippen LogP contribution in [0.15, 0.2) is 24.3 Å². The lowest BCUT2D eigenvalue weighted by Gasteiger charge is -2.23. The molecule has 2 rings (SSSR count). The van der Waals surface area contributed by atoms with E-state index in [9.17, 15) is 0 Å². The molecule has 0 aromatic heterocycles. The van der Waals surface area contributed by atoms with Crippen LogP contribution in [0.5, 0.6) is 0 Å². The van der Waals surface area contributed by atoms with E-state index in [-0.39, 0.29) is 0 Å². The minimum Gasteiger partial charge on any atom is -0.377 e. The van der Waals surface area contributed by atoms with Gasteiger partial charge >= 0.3 is 0 Å². The minimum atomic E-state index is 0.350. The molecule has 1 aliphatic heterocycles. The van der Waals surface area contributed by atoms with Crippen molar-refractivity contribution in [2.75, 3.05) is 26.2 Å². The predicted molar refractivity (Wildman–Crippen MR) is 83.7 cm³/mol. The molecule has 1 aliphatic rings. The van der Waals surface area contributed by atoms with Gasteiger partial charge in [0.15, 0.2) is 0 Å². The van der Waals surface area contributed by atoms with Crippen LogP contribution in [0.2, 0.25) is 0 Å². The zero-order valence-electron chi connectivity index (χ0n) is 12.9. The van der Waals surface area contributed by atoms with E-state index in [4.69, 9.17) is 4.74 Å². The van der Waals surface area contributed by atoms with Crippen molar-refractivity contribution in [2.45, 2.75) is 45.9 Å². The zero-order chi connectivity index (χ0) is 14.2. The summed E-state index contributed by atoms with van der Waals surface area (Å²) in [5.41, 5.74) is 2.88. The number of benzene rings is 1. The molecular weight excluding hydrogens is 248 g/mol. The Labute approximate surface area is 123 Å². The summed E-state index contributed by atoms with van der Waals surface area (Å²) in [7, 11) is 0. The van der Waals surface area contributed by atoms with E-state index in [1.165, 1.54) is 17.5 Å². The van der Waals surface area contributed by atoms with E-state index in [0.717, 1.165) is 45.8 Å². The molecule has 1 aromatic rings. The van der Waals surface area contributed by atoms with Gasteiger partial charge in [-0.05, 0) is 37.4 Å². The first-order valence-corrected chi connectivity index (χ1v) is 7.91. The van der Waals surface area contributed by atoms with Gasteiger partial charge in [-0.15, -0.1) is 0 Å². The molecule has 1 N–H and O–H groups in total. The minimum absolute atomic E-state index is 0.350. The standard InChI is InChI=1S/C17H28N2O/c1-3-9-18-12-16-7-4-5-8-17(16)14-19-10-6-11-20-15(2)13-19/h4-5,7-8,15,18H,3,6,9-14H2,1-2H3. The lowest BCUT2D eigenvalue weighted by atomic mass is 10.1. The van der Waals surface area contributed by atoms with Crippen molar-refractivity contribution < 1.29 is 4.74 Å². The van der Waals surface area contributed by atoms with E-state index in [0.29, 0.717) is 6.10 Å². The number of nitrogens with zero attached hydrogens (tertiary/aromatic N) is 1. The molecule has 1 fully saturated rings. The summed E-state index contributed by atoms with van der Waals surface area (Å²) in [5.74, 6) is 0. The fourth-order valence-electron chi connectivity index (χ4n) is 2.75. The number of hydrogen-bond acceptors (Lipinski definition) is 3. The second-order valence-electron chi connectivity index (χ2n) is 5.72. The summed E-state index contributed by atoms with van der Waals surface area (Å²) in [4.78, 5) is 2.52. The molecule has 0 amide bonds. The van der Waals surface area contributed by atoms with Crippen LogP contribution in [-0.4, -0.2) is 37.2 Å². The van der Waals surface area contributed by atoms with E-state index < -0.39 is 0 Å². The average molecular weight is 276 g/mol. The second-order valence-corrected chi connectivity index (χ2v) is 5.72. The van der Waals surface area contributed by atoms with Crippen LogP contribution in [0, 0.1) is 0 Å². The number of nitrogens with one attached hydrogen (secondary N) is 1. The molecule has 0 spiro atoms. The van der Waals surface area contributed by atoms with Crippen molar-refractivity contribution >= 4 is 0 Å². The highest BCUT2D eigenvalue weighted by Crippen LogP contribution is 2.14. The third kappa shape index (κ3) is 4.89. The van der Waals surface area contributed by atoms with Crippen LogP contribution in [0.25, 0.3) is 0 Å². The molecule has 112 valence electrons. The van der Waals surface area contributed by atoms with Crippen molar-refractivity contribution in [3.8, 4) is 0 Å². The van der Waals surface area contributed by atoms with Gasteiger partial charge < -0.3 is 10.1 Å². The highest BCUT2D eigenvalue weighted by atomic mass is 16.5. The lowest BCUT2D eigenvalue weighted by molar-refractivity contribution is 0.0667. The molecule has 0 aliphatic carbocycles. The Morgan fingerprint density at radius 1 is 1.30 bits per heavy atom. The Balaban J connectivity index is 1.96. The van der Waals surface area contributed by atoms with Crippen molar-refractivity contribution in [3.05, 3.63) is 35.4 Å². The first-order valence-electron chi connectivity index (χ1n) is 7.91. The molecule has 0 saturated carbocycles. The summed E-state index contributed by atoms with van der Waals surface area (Å²) in [6.45, 7) is 10.6. The maximum Gasteiger partial charge on any atom is 0.0674 e. The summed E-state index contributed by atoms with van der Waals surface area (Å²) in [6, 6.07) is 8.80. The second kappa shape index (κ2) is 8.40. The Morgan fingerprint density at radius 3 is 2.90 bits per heavy atom. The van der Waals surface area contributed by atoms with Gasteiger partial charge in [0.25, 0.3) is 0 Å². The van der Waals surface area contributed by atoms with E-state index in [2.05, 4.69) is 48.3 Å². The molecule has 1 unspecified atom stereocenters. The van der Waals surface area contributed by atoms with Crippen LogP contribution < -0.4 is 5.32 Å². The Morgan fingerprint density at radius 2 is 2.10 bits per heavy atom. The van der Waals surface area contributed by atoms with Gasteiger partial charge in [0.2, 0.25) is 0 Å². The third-order valence-electron chi connectivity index (χ3n) is 3.79. The fourth-order valence-corrected chi connectivity index (χ4v) is 2.75. The van der Waals surface area contributed by atoms with Crippen molar-refractivity contribution in [1.82, 2.24) is 10.2 Å². The van der Waals surface area contributed by atoms with Crippen molar-refractivity contribution in [2.24, 2.45) is 0 Å². The largest absolute Gasteiger partial charge is 0.377 e. The Kier molecular flexibility index (Phi) is 6.51. The number of ether oxygens (including phenoxy) is 1. The molecule has 3 heteroatoms. The van der Waals surface area contributed by atoms with Gasteiger partial charge in [-0.3, -0.25) is 4.90 Å². The molecule has 1 aromatic carbocycles. The van der Waals surface area contributed by atoms with E-state index >= 15 is 0 Å². The highest BCUT2D eigenvalue weighted by molar-refractivity contribution is 5.27. The van der Waals surface area contributed by atoms with Crippen LogP contribution in [0.1, 0.15) is 37.8 Å². The van der Waals surface area contributed by atoms with Crippen LogP contribution in [0.4, 0.5) is 0 Å². The monoisotopic (exact) mass is 276 g/mol. The molecule has 20 heavy (non-hydrogen) atoms. The van der Waals surface area contributed by atoms with Gasteiger partial charge in [0, 0.05) is 32.8 Å². The highest BCUT2D eigenvalue weighted by Gasteiger charge is 2.16. The number of rotatable bonds is 6. The maximum atomic E-state index is 5.73.